The standard InChI is InChI=1S/C27H55N3O6Si3/c1-25(2,3)37(10,11)33-18-19-21(35-38(12,13)26(4,5)6)22(36-39(14,15)27(7,8)9)23(34-19)30-17-16-20(29-32)28-24(30)31/h16-17,19,21-23,32H,18H2,1-15H3,(H,28,29,31)/t19-,21?,22?,23-/m1/s1. The number of hydrogen-bond acceptors (Lipinski definition) is 8. The third-order valence-corrected chi connectivity index (χ3v) is 22.8. The third-order valence-electron chi connectivity index (χ3n) is 9.39. The molecular weight excluding hydrogens is 547 g/mol. The molecule has 1 aliphatic rings. The van der Waals surface area contributed by atoms with Crippen molar-refractivity contribution < 1.29 is 23.2 Å². The van der Waals surface area contributed by atoms with E-state index in [-0.39, 0.29) is 20.9 Å². The molecule has 1 fully saturated rings. The van der Waals surface area contributed by atoms with Crippen molar-refractivity contribution in [2.24, 2.45) is 0 Å². The van der Waals surface area contributed by atoms with Gasteiger partial charge < -0.3 is 18.0 Å². The van der Waals surface area contributed by atoms with Crippen LogP contribution in [0.5, 0.6) is 0 Å². The molecule has 4 atom stereocenters. The molecule has 2 N–H and O–H groups in total. The summed E-state index contributed by atoms with van der Waals surface area (Å²) in [7, 11) is -6.70. The van der Waals surface area contributed by atoms with Crippen molar-refractivity contribution in [1.82, 2.24) is 9.55 Å². The fraction of sp³-hybridized carbons (Fsp3) is 0.852. The highest BCUT2D eigenvalue weighted by Gasteiger charge is 2.55. The van der Waals surface area contributed by atoms with Gasteiger partial charge in [-0.2, -0.15) is 4.98 Å². The van der Waals surface area contributed by atoms with Crippen LogP contribution in [0.4, 0.5) is 5.82 Å². The van der Waals surface area contributed by atoms with Gasteiger partial charge in [-0.3, -0.25) is 15.3 Å². The van der Waals surface area contributed by atoms with Gasteiger partial charge in [-0.15, -0.1) is 0 Å². The maximum absolute atomic E-state index is 13.1. The molecule has 2 heterocycles. The Bertz CT molecular complexity index is 1040. The van der Waals surface area contributed by atoms with Crippen molar-refractivity contribution in [2.45, 2.75) is 141 Å². The van der Waals surface area contributed by atoms with Crippen LogP contribution in [0.1, 0.15) is 68.5 Å². The summed E-state index contributed by atoms with van der Waals surface area (Å²) in [4.78, 5) is 17.1. The van der Waals surface area contributed by atoms with Crippen LogP contribution in [0.3, 0.4) is 0 Å². The van der Waals surface area contributed by atoms with E-state index in [2.05, 4.69) is 107 Å². The zero-order chi connectivity index (χ0) is 30.4. The average molecular weight is 602 g/mol. The molecule has 0 spiro atoms. The van der Waals surface area contributed by atoms with Crippen LogP contribution in [0.15, 0.2) is 17.1 Å². The monoisotopic (exact) mass is 601 g/mol. The van der Waals surface area contributed by atoms with Crippen LogP contribution >= 0.6 is 0 Å². The molecule has 1 saturated heterocycles. The topological polar surface area (TPSA) is 104 Å². The minimum Gasteiger partial charge on any atom is -0.414 e. The first-order valence-electron chi connectivity index (χ1n) is 14.0. The summed E-state index contributed by atoms with van der Waals surface area (Å²) in [6.45, 7) is 33.5. The van der Waals surface area contributed by atoms with Crippen LogP contribution in [0, 0.1) is 0 Å². The smallest absolute Gasteiger partial charge is 0.351 e. The first-order chi connectivity index (χ1) is 17.3. The Morgan fingerprint density at radius 2 is 1.33 bits per heavy atom. The molecule has 39 heavy (non-hydrogen) atoms. The van der Waals surface area contributed by atoms with Crippen molar-refractivity contribution in [3.05, 3.63) is 22.7 Å². The molecule has 1 aromatic rings. The average Bonchev–Trinajstić information content (AvgIpc) is 3.05. The van der Waals surface area contributed by atoms with E-state index < -0.39 is 55.2 Å². The predicted octanol–water partition coefficient (Wildman–Crippen LogP) is 6.74. The summed E-state index contributed by atoms with van der Waals surface area (Å²) >= 11 is 0. The summed E-state index contributed by atoms with van der Waals surface area (Å²) in [5.74, 6) is 0.0722. The first kappa shape index (κ1) is 34.3. The fourth-order valence-electron chi connectivity index (χ4n) is 3.54. The molecule has 1 aliphatic heterocycles. The van der Waals surface area contributed by atoms with Crippen molar-refractivity contribution in [3.63, 3.8) is 0 Å². The lowest BCUT2D eigenvalue weighted by molar-refractivity contribution is -0.0509. The fourth-order valence-corrected chi connectivity index (χ4v) is 7.16. The van der Waals surface area contributed by atoms with Gasteiger partial charge in [0, 0.05) is 6.20 Å². The van der Waals surface area contributed by atoms with Gasteiger partial charge in [-0.05, 0) is 60.5 Å². The van der Waals surface area contributed by atoms with E-state index in [9.17, 15) is 10.0 Å². The maximum atomic E-state index is 13.1. The molecule has 0 bridgehead atoms. The van der Waals surface area contributed by atoms with E-state index in [0.717, 1.165) is 0 Å². The maximum Gasteiger partial charge on any atom is 0.351 e. The number of hydrogen-bond donors (Lipinski definition) is 2. The second kappa shape index (κ2) is 11.4. The summed E-state index contributed by atoms with van der Waals surface area (Å²) in [6.07, 6.45) is -0.580. The van der Waals surface area contributed by atoms with Crippen molar-refractivity contribution in [1.29, 1.82) is 0 Å². The van der Waals surface area contributed by atoms with Gasteiger partial charge in [0.1, 0.15) is 18.3 Å². The summed E-state index contributed by atoms with van der Waals surface area (Å²) in [6, 6.07) is 1.54. The molecule has 0 amide bonds. The Hall–Kier alpha value is -0.869. The van der Waals surface area contributed by atoms with E-state index in [0.29, 0.717) is 6.61 Å². The first-order valence-corrected chi connectivity index (χ1v) is 22.7. The van der Waals surface area contributed by atoms with E-state index in [1.165, 1.54) is 10.6 Å². The lowest BCUT2D eigenvalue weighted by atomic mass is 10.1. The van der Waals surface area contributed by atoms with Gasteiger partial charge in [0.05, 0.1) is 6.61 Å². The highest BCUT2D eigenvalue weighted by molar-refractivity contribution is 6.75. The summed E-state index contributed by atoms with van der Waals surface area (Å²) in [5.41, 5.74) is 1.41. The molecule has 2 rings (SSSR count). The highest BCUT2D eigenvalue weighted by Crippen LogP contribution is 2.46. The van der Waals surface area contributed by atoms with E-state index in [1.54, 1.807) is 6.20 Å². The third kappa shape index (κ3) is 7.70. The van der Waals surface area contributed by atoms with E-state index in [4.69, 9.17) is 18.0 Å². The summed E-state index contributed by atoms with van der Waals surface area (Å²) in [5, 5.41) is 9.20. The normalized spacial score (nSPS) is 23.8. The van der Waals surface area contributed by atoms with Crippen LogP contribution in [0.25, 0.3) is 0 Å². The molecule has 0 radical (unpaired) electrons. The van der Waals surface area contributed by atoms with Crippen LogP contribution in [-0.4, -0.2) is 64.6 Å². The molecule has 1 aromatic heterocycles. The Labute approximate surface area is 239 Å². The lowest BCUT2D eigenvalue weighted by Crippen LogP contribution is -2.54. The van der Waals surface area contributed by atoms with E-state index in [1.807, 2.05) is 5.48 Å². The van der Waals surface area contributed by atoms with Crippen LogP contribution < -0.4 is 11.2 Å². The Morgan fingerprint density at radius 3 is 1.74 bits per heavy atom. The second-order valence-corrected chi connectivity index (χ2v) is 29.8. The molecule has 0 aromatic carbocycles. The van der Waals surface area contributed by atoms with E-state index >= 15 is 0 Å². The van der Waals surface area contributed by atoms with Gasteiger partial charge in [-0.25, -0.2) is 4.79 Å². The number of nitrogens with one attached hydrogen (secondary N) is 1. The Morgan fingerprint density at radius 1 is 0.872 bits per heavy atom. The second-order valence-electron chi connectivity index (χ2n) is 15.4. The van der Waals surface area contributed by atoms with Gasteiger partial charge in [-0.1, -0.05) is 62.3 Å². The zero-order valence-electron chi connectivity index (χ0n) is 27.1. The molecule has 226 valence electrons. The molecular formula is C27H55N3O6Si3. The number of rotatable bonds is 9. The molecule has 2 unspecified atom stereocenters. The number of ether oxygens (including phenoxy) is 1. The predicted molar refractivity (Wildman–Crippen MR) is 165 cm³/mol. The number of aromatic nitrogens is 2. The van der Waals surface area contributed by atoms with Gasteiger partial charge in [0.2, 0.25) is 0 Å². The van der Waals surface area contributed by atoms with Gasteiger partial charge in [0.25, 0.3) is 0 Å². The zero-order valence-corrected chi connectivity index (χ0v) is 30.1. The van der Waals surface area contributed by atoms with Crippen molar-refractivity contribution >= 4 is 30.8 Å². The largest absolute Gasteiger partial charge is 0.414 e. The minimum atomic E-state index is -2.33. The molecule has 0 saturated carbocycles. The SMILES string of the molecule is CC(C)(C)[Si](C)(C)OC[C@H]1O[C@@H](n2ccc(NO)nc2=O)C(O[Si](C)(C)C(C)(C)C)C1O[Si](C)(C)C(C)(C)C. The quantitative estimate of drug-likeness (QED) is 0.237. The van der Waals surface area contributed by atoms with Crippen molar-refractivity contribution in [2.75, 3.05) is 12.1 Å². The van der Waals surface area contributed by atoms with Gasteiger partial charge in [0.15, 0.2) is 37.0 Å². The molecule has 12 heteroatoms. The van der Waals surface area contributed by atoms with Crippen molar-refractivity contribution in [3.8, 4) is 0 Å². The highest BCUT2D eigenvalue weighted by atomic mass is 28.4. The summed E-state index contributed by atoms with van der Waals surface area (Å²) < 4.78 is 28.9. The lowest BCUT2D eigenvalue weighted by Gasteiger charge is -2.44. The van der Waals surface area contributed by atoms with Crippen LogP contribution in [-0.2, 0) is 18.0 Å². The Balaban J connectivity index is 2.66. The Kier molecular flexibility index (Phi) is 10.1. The number of anilines is 1. The van der Waals surface area contributed by atoms with Gasteiger partial charge >= 0.3 is 5.69 Å². The minimum absolute atomic E-state index is 0.0335. The van der Waals surface area contributed by atoms with Crippen LogP contribution in [0.2, 0.25) is 54.4 Å². The number of nitrogens with zero attached hydrogens (tertiary/aromatic N) is 2. The molecule has 9 nitrogen and oxygen atoms in total. The molecule has 0 aliphatic carbocycles.